The molecule has 10 heteroatoms. The second kappa shape index (κ2) is 8.06. The molecule has 1 aliphatic rings. The zero-order chi connectivity index (χ0) is 14.6. The van der Waals surface area contributed by atoms with Crippen molar-refractivity contribution >= 4 is 39.7 Å². The molecule has 0 saturated carbocycles. The highest BCUT2D eigenvalue weighted by Gasteiger charge is 2.31. The third kappa shape index (κ3) is 4.15. The van der Waals surface area contributed by atoms with Gasteiger partial charge in [0.15, 0.2) is 0 Å². The average Bonchev–Trinajstić information content (AvgIpc) is 2.96. The molecule has 0 aromatic carbocycles. The van der Waals surface area contributed by atoms with Crippen LogP contribution in [0, 0.1) is 0 Å². The van der Waals surface area contributed by atoms with Crippen molar-refractivity contribution in [3.05, 3.63) is 16.3 Å². The molecule has 0 radical (unpaired) electrons. The summed E-state index contributed by atoms with van der Waals surface area (Å²) in [6.07, 6.45) is 0. The van der Waals surface area contributed by atoms with E-state index >= 15 is 0 Å². The van der Waals surface area contributed by atoms with Crippen LogP contribution in [-0.2, 0) is 14.8 Å². The zero-order valence-electron chi connectivity index (χ0n) is 11.3. The predicted molar refractivity (Wildman–Crippen MR) is 82.5 cm³/mol. The van der Waals surface area contributed by atoms with Crippen LogP contribution in [0.15, 0.2) is 16.3 Å². The number of hydrogen-bond donors (Lipinski definition) is 2. The smallest absolute Gasteiger partial charge is 0.262 e. The number of sulfonamides is 1. The second-order valence-electron chi connectivity index (χ2n) is 4.18. The van der Waals surface area contributed by atoms with Crippen LogP contribution in [0.25, 0.3) is 0 Å². The fourth-order valence-electron chi connectivity index (χ4n) is 1.86. The number of hydrogen-bond acceptors (Lipinski definition) is 6. The summed E-state index contributed by atoms with van der Waals surface area (Å²) in [5, 5.41) is 4.19. The van der Waals surface area contributed by atoms with Gasteiger partial charge in [-0.1, -0.05) is 0 Å². The third-order valence-corrected chi connectivity index (χ3v) is 5.84. The van der Waals surface area contributed by atoms with Crippen LogP contribution in [-0.4, -0.2) is 58.0 Å². The standard InChI is InChI=1S/C11H17N3O4S2.ClH/c12-2-3-13-11(15)10-9(1-8-19-10)20(16,17)14-4-6-18-7-5-14;/h1,8H,2-7,12H2,(H,13,15);1H. The van der Waals surface area contributed by atoms with E-state index in [-0.39, 0.29) is 22.2 Å². The van der Waals surface area contributed by atoms with Crippen LogP contribution in [0.1, 0.15) is 9.67 Å². The summed E-state index contributed by atoms with van der Waals surface area (Å²) in [5.74, 6) is -0.405. The highest BCUT2D eigenvalue weighted by Crippen LogP contribution is 2.25. The van der Waals surface area contributed by atoms with Gasteiger partial charge in [0.05, 0.1) is 13.2 Å². The Labute approximate surface area is 133 Å². The number of nitrogens with two attached hydrogens (primary N) is 1. The first-order valence-corrected chi connectivity index (χ1v) is 8.53. The lowest BCUT2D eigenvalue weighted by molar-refractivity contribution is 0.0730. The van der Waals surface area contributed by atoms with Crippen molar-refractivity contribution in [1.29, 1.82) is 0 Å². The van der Waals surface area contributed by atoms with Crippen molar-refractivity contribution in [2.24, 2.45) is 5.73 Å². The van der Waals surface area contributed by atoms with Crippen LogP contribution in [0.4, 0.5) is 0 Å². The molecule has 1 saturated heterocycles. The summed E-state index contributed by atoms with van der Waals surface area (Å²) >= 11 is 1.11. The normalized spacial score (nSPS) is 16.2. The fraction of sp³-hybridized carbons (Fsp3) is 0.545. The lowest BCUT2D eigenvalue weighted by atomic mass is 10.4. The Hall–Kier alpha value is -0.710. The summed E-state index contributed by atoms with van der Waals surface area (Å²) in [6, 6.07) is 1.47. The quantitative estimate of drug-likeness (QED) is 0.766. The van der Waals surface area contributed by atoms with Crippen LogP contribution in [0.5, 0.6) is 0 Å². The van der Waals surface area contributed by atoms with E-state index in [9.17, 15) is 13.2 Å². The lowest BCUT2D eigenvalue weighted by Gasteiger charge is -2.26. The maximum atomic E-state index is 12.5. The largest absolute Gasteiger partial charge is 0.379 e. The molecule has 0 bridgehead atoms. The summed E-state index contributed by atoms with van der Waals surface area (Å²) in [6.45, 7) is 1.98. The van der Waals surface area contributed by atoms with Crippen molar-refractivity contribution in [2.75, 3.05) is 39.4 Å². The Kier molecular flexibility index (Phi) is 7.04. The SMILES string of the molecule is Cl.NCCNC(=O)c1sccc1S(=O)(=O)N1CCOCC1. The van der Waals surface area contributed by atoms with Gasteiger partial charge in [-0.3, -0.25) is 4.79 Å². The molecule has 21 heavy (non-hydrogen) atoms. The third-order valence-electron chi connectivity index (χ3n) is 2.85. The van der Waals surface area contributed by atoms with Crippen LogP contribution in [0.3, 0.4) is 0 Å². The number of carbonyl (C=O) groups is 1. The summed E-state index contributed by atoms with van der Waals surface area (Å²) in [4.78, 5) is 12.2. The molecule has 1 fully saturated rings. The van der Waals surface area contributed by atoms with E-state index in [2.05, 4.69) is 5.32 Å². The van der Waals surface area contributed by atoms with Crippen molar-refractivity contribution in [2.45, 2.75) is 4.90 Å². The van der Waals surface area contributed by atoms with E-state index in [4.69, 9.17) is 10.5 Å². The Balaban J connectivity index is 0.00000220. The van der Waals surface area contributed by atoms with Crippen molar-refractivity contribution in [3.63, 3.8) is 0 Å². The van der Waals surface area contributed by atoms with E-state index in [1.807, 2.05) is 0 Å². The summed E-state index contributed by atoms with van der Waals surface area (Å²) < 4.78 is 31.5. The first kappa shape index (κ1) is 18.3. The Morgan fingerprint density at radius 1 is 1.43 bits per heavy atom. The number of rotatable bonds is 5. The molecule has 7 nitrogen and oxygen atoms in total. The number of morpholine rings is 1. The molecule has 1 aromatic rings. The minimum Gasteiger partial charge on any atom is -0.379 e. The highest BCUT2D eigenvalue weighted by molar-refractivity contribution is 7.89. The predicted octanol–water partition coefficient (Wildman–Crippen LogP) is -0.121. The summed E-state index contributed by atoms with van der Waals surface area (Å²) in [7, 11) is -3.65. The van der Waals surface area contributed by atoms with Crippen LogP contribution >= 0.6 is 23.7 Å². The van der Waals surface area contributed by atoms with E-state index in [0.29, 0.717) is 39.4 Å². The average molecular weight is 356 g/mol. The van der Waals surface area contributed by atoms with Gasteiger partial charge in [-0.05, 0) is 11.4 Å². The molecule has 0 aliphatic carbocycles. The molecule has 2 rings (SSSR count). The van der Waals surface area contributed by atoms with Crippen LogP contribution < -0.4 is 11.1 Å². The number of nitrogens with one attached hydrogen (secondary N) is 1. The van der Waals surface area contributed by atoms with Crippen molar-refractivity contribution in [1.82, 2.24) is 9.62 Å². The van der Waals surface area contributed by atoms with E-state index < -0.39 is 15.9 Å². The number of amides is 1. The number of nitrogens with zero attached hydrogens (tertiary/aromatic N) is 1. The molecule has 1 aliphatic heterocycles. The van der Waals surface area contributed by atoms with Crippen molar-refractivity contribution < 1.29 is 17.9 Å². The van der Waals surface area contributed by atoms with Gasteiger partial charge in [0.1, 0.15) is 9.77 Å². The minimum absolute atomic E-state index is 0. The molecular formula is C11H18ClN3O4S2. The van der Waals surface area contributed by atoms with Crippen molar-refractivity contribution in [3.8, 4) is 0 Å². The van der Waals surface area contributed by atoms with Gasteiger partial charge in [-0.15, -0.1) is 23.7 Å². The van der Waals surface area contributed by atoms with Gasteiger partial charge in [-0.2, -0.15) is 4.31 Å². The maximum Gasteiger partial charge on any atom is 0.262 e. The molecule has 3 N–H and O–H groups in total. The number of ether oxygens (including phenoxy) is 1. The highest BCUT2D eigenvalue weighted by atomic mass is 35.5. The molecule has 2 heterocycles. The lowest BCUT2D eigenvalue weighted by Crippen LogP contribution is -2.41. The number of thiophene rings is 1. The molecule has 1 amide bonds. The molecule has 120 valence electrons. The fourth-order valence-corrected chi connectivity index (χ4v) is 4.58. The number of halogens is 1. The molecule has 1 aromatic heterocycles. The minimum atomic E-state index is -3.65. The van der Waals surface area contributed by atoms with Gasteiger partial charge >= 0.3 is 0 Å². The maximum absolute atomic E-state index is 12.5. The summed E-state index contributed by atoms with van der Waals surface area (Å²) in [5.41, 5.74) is 5.32. The van der Waals surface area contributed by atoms with Crippen LogP contribution in [0.2, 0.25) is 0 Å². The van der Waals surface area contributed by atoms with E-state index in [0.717, 1.165) is 11.3 Å². The van der Waals surface area contributed by atoms with Gasteiger partial charge < -0.3 is 15.8 Å². The Morgan fingerprint density at radius 3 is 2.71 bits per heavy atom. The molecule has 0 spiro atoms. The van der Waals surface area contributed by atoms with Gasteiger partial charge in [0.2, 0.25) is 10.0 Å². The first-order valence-electron chi connectivity index (χ1n) is 6.21. The topological polar surface area (TPSA) is 102 Å². The first-order chi connectivity index (χ1) is 9.57. The molecule has 0 atom stereocenters. The van der Waals surface area contributed by atoms with E-state index in [1.54, 1.807) is 5.38 Å². The molecular weight excluding hydrogens is 338 g/mol. The monoisotopic (exact) mass is 355 g/mol. The Bertz CT molecular complexity index is 570. The van der Waals surface area contributed by atoms with E-state index in [1.165, 1.54) is 10.4 Å². The Morgan fingerprint density at radius 2 is 2.10 bits per heavy atom. The van der Waals surface area contributed by atoms with Gasteiger partial charge in [-0.25, -0.2) is 8.42 Å². The molecule has 0 unspecified atom stereocenters. The van der Waals surface area contributed by atoms with Gasteiger partial charge in [0, 0.05) is 26.2 Å². The van der Waals surface area contributed by atoms with Gasteiger partial charge in [0.25, 0.3) is 5.91 Å². The number of carbonyl (C=O) groups excluding carboxylic acids is 1. The second-order valence-corrected chi connectivity index (χ2v) is 7.00. The zero-order valence-corrected chi connectivity index (χ0v) is 13.7.